The van der Waals surface area contributed by atoms with E-state index in [1.165, 1.54) is 0 Å². The molecule has 2 nitrogen and oxygen atoms in total. The van der Waals surface area contributed by atoms with E-state index >= 15 is 0 Å². The first-order valence-electron chi connectivity index (χ1n) is 2.85. The van der Waals surface area contributed by atoms with Crippen LogP contribution in [0.15, 0.2) is 18.2 Å². The Balaban J connectivity index is 3.25. The van der Waals surface area contributed by atoms with E-state index in [9.17, 15) is 0 Å². The van der Waals surface area contributed by atoms with Crippen molar-refractivity contribution in [1.82, 2.24) is 0 Å². The molecule has 11 heavy (non-hydrogen) atoms. The van der Waals surface area contributed by atoms with Gasteiger partial charge in [0.1, 0.15) is 0 Å². The van der Waals surface area contributed by atoms with Crippen LogP contribution < -0.4 is 0 Å². The average Bonchev–Trinajstić information content (AvgIpc) is 2.04. The molecule has 0 saturated carbocycles. The van der Waals surface area contributed by atoms with E-state index < -0.39 is 0 Å². The van der Waals surface area contributed by atoms with Crippen molar-refractivity contribution in [3.05, 3.63) is 38.7 Å². The zero-order chi connectivity index (χ0) is 8.27. The Bertz CT molecular complexity index is 357. The van der Waals surface area contributed by atoms with Crippen LogP contribution >= 0.6 is 22.6 Å². The molecular weight excluding hydrogens is 251 g/mol. The summed E-state index contributed by atoms with van der Waals surface area (Å²) < 4.78 is 0.830. The number of hydrogen-bond acceptors (Lipinski definition) is 1. The molecule has 0 N–H and O–H groups in total. The fraction of sp³-hybridized carbons (Fsp3) is 0. The Hall–Kier alpha value is -1.07. The molecule has 3 heteroatoms. The van der Waals surface area contributed by atoms with Gasteiger partial charge in [-0.15, -0.1) is 0 Å². The molecule has 0 saturated heterocycles. The second-order valence-electron chi connectivity index (χ2n) is 1.89. The van der Waals surface area contributed by atoms with Crippen molar-refractivity contribution in [3.8, 4) is 6.07 Å². The standard InChI is InChI=1S/C8H3IN2/c1-11-8-3-2-6(5-10)4-7(8)9/h2-4H. The minimum Gasteiger partial charge on any atom is -0.237 e. The molecule has 0 radical (unpaired) electrons. The maximum atomic E-state index is 8.49. The van der Waals surface area contributed by atoms with Crippen LogP contribution in [0.3, 0.4) is 0 Å². The third-order valence-electron chi connectivity index (χ3n) is 1.20. The minimum atomic E-state index is 0.599. The normalized spacial score (nSPS) is 8.27. The van der Waals surface area contributed by atoms with Crippen molar-refractivity contribution in [2.24, 2.45) is 0 Å². The Labute approximate surface area is 78.4 Å². The van der Waals surface area contributed by atoms with Gasteiger partial charge in [-0.05, 0) is 6.07 Å². The van der Waals surface area contributed by atoms with E-state index in [0.717, 1.165) is 3.57 Å². The predicted molar refractivity (Wildman–Crippen MR) is 50.1 cm³/mol. The first kappa shape index (κ1) is 8.03. The Morgan fingerprint density at radius 2 is 2.27 bits per heavy atom. The molecule has 0 bridgehead atoms. The fourth-order valence-corrected chi connectivity index (χ4v) is 1.30. The molecular formula is C8H3IN2. The highest BCUT2D eigenvalue weighted by Gasteiger charge is 1.98. The van der Waals surface area contributed by atoms with Crippen LogP contribution in [-0.2, 0) is 0 Å². The zero-order valence-corrected chi connectivity index (χ0v) is 7.66. The number of benzene rings is 1. The van der Waals surface area contributed by atoms with Crippen molar-refractivity contribution in [3.63, 3.8) is 0 Å². The number of halogens is 1. The van der Waals surface area contributed by atoms with Crippen LogP contribution in [0.1, 0.15) is 5.56 Å². The molecule has 0 aliphatic rings. The molecule has 52 valence electrons. The summed E-state index contributed by atoms with van der Waals surface area (Å²) in [4.78, 5) is 3.28. The van der Waals surface area contributed by atoms with Crippen LogP contribution in [0.4, 0.5) is 5.69 Å². The lowest BCUT2D eigenvalue weighted by molar-refractivity contribution is 1.48. The first-order valence-corrected chi connectivity index (χ1v) is 3.93. The Kier molecular flexibility index (Phi) is 2.45. The van der Waals surface area contributed by atoms with Crippen LogP contribution in [0.5, 0.6) is 0 Å². The van der Waals surface area contributed by atoms with Crippen LogP contribution in [-0.4, -0.2) is 0 Å². The van der Waals surface area contributed by atoms with Crippen molar-refractivity contribution in [2.75, 3.05) is 0 Å². The van der Waals surface area contributed by atoms with E-state index in [1.807, 2.05) is 28.7 Å². The van der Waals surface area contributed by atoms with Gasteiger partial charge >= 0.3 is 0 Å². The smallest absolute Gasteiger partial charge is 0.200 e. The summed E-state index contributed by atoms with van der Waals surface area (Å²) in [5.74, 6) is 0. The molecule has 0 aromatic heterocycles. The van der Waals surface area contributed by atoms with E-state index in [2.05, 4.69) is 4.85 Å². The molecule has 0 heterocycles. The first-order chi connectivity index (χ1) is 5.27. The highest BCUT2D eigenvalue weighted by Crippen LogP contribution is 2.21. The molecule has 1 rings (SSSR count). The number of nitrogens with zero attached hydrogens (tertiary/aromatic N) is 2. The van der Waals surface area contributed by atoms with Crippen molar-refractivity contribution in [1.29, 1.82) is 5.26 Å². The van der Waals surface area contributed by atoms with E-state index in [0.29, 0.717) is 11.3 Å². The van der Waals surface area contributed by atoms with Crippen LogP contribution in [0.2, 0.25) is 0 Å². The topological polar surface area (TPSA) is 28.1 Å². The summed E-state index contributed by atoms with van der Waals surface area (Å²) in [6, 6.07) is 7.02. The second kappa shape index (κ2) is 3.36. The Morgan fingerprint density at radius 1 is 1.55 bits per heavy atom. The van der Waals surface area contributed by atoms with E-state index in [-0.39, 0.29) is 0 Å². The Morgan fingerprint density at radius 3 is 2.73 bits per heavy atom. The molecule has 1 aromatic rings. The van der Waals surface area contributed by atoms with Gasteiger partial charge in [-0.3, -0.25) is 0 Å². The third kappa shape index (κ3) is 1.69. The molecule has 1 aromatic carbocycles. The van der Waals surface area contributed by atoms with Gasteiger partial charge in [-0.2, -0.15) is 5.26 Å². The van der Waals surface area contributed by atoms with Crippen molar-refractivity contribution >= 4 is 28.3 Å². The highest BCUT2D eigenvalue weighted by molar-refractivity contribution is 14.1. The van der Waals surface area contributed by atoms with E-state index in [4.69, 9.17) is 11.8 Å². The number of hydrogen-bond donors (Lipinski definition) is 0. The third-order valence-corrected chi connectivity index (χ3v) is 2.06. The monoisotopic (exact) mass is 254 g/mol. The highest BCUT2D eigenvalue weighted by atomic mass is 127. The SMILES string of the molecule is [C-]#[N+]c1ccc(C#N)cc1I. The minimum absolute atomic E-state index is 0.599. The molecule has 0 unspecified atom stereocenters. The van der Waals surface area contributed by atoms with Crippen LogP contribution in [0.25, 0.3) is 4.85 Å². The van der Waals surface area contributed by atoms with Crippen molar-refractivity contribution < 1.29 is 0 Å². The maximum absolute atomic E-state index is 8.49. The summed E-state index contributed by atoms with van der Waals surface area (Å²) >= 11 is 2.04. The molecule has 0 fully saturated rings. The summed E-state index contributed by atoms with van der Waals surface area (Å²) in [5, 5.41) is 8.49. The lowest BCUT2D eigenvalue weighted by Crippen LogP contribution is -1.75. The van der Waals surface area contributed by atoms with Gasteiger partial charge in [0, 0.05) is 3.57 Å². The van der Waals surface area contributed by atoms with Gasteiger partial charge in [0.2, 0.25) is 0 Å². The molecule has 0 aliphatic carbocycles. The summed E-state index contributed by atoms with van der Waals surface area (Å²) in [6.45, 7) is 6.75. The average molecular weight is 254 g/mol. The van der Waals surface area contributed by atoms with E-state index in [1.54, 1.807) is 18.2 Å². The largest absolute Gasteiger partial charge is 0.237 e. The molecule has 0 spiro atoms. The van der Waals surface area contributed by atoms with Gasteiger partial charge in [0.15, 0.2) is 5.69 Å². The van der Waals surface area contributed by atoms with Crippen molar-refractivity contribution in [2.45, 2.75) is 0 Å². The molecule has 0 amide bonds. The fourth-order valence-electron chi connectivity index (χ4n) is 0.667. The van der Waals surface area contributed by atoms with Gasteiger partial charge in [-0.1, -0.05) is 34.7 Å². The summed E-state index contributed by atoms with van der Waals surface area (Å²) in [5.41, 5.74) is 1.20. The predicted octanol–water partition coefficient (Wildman–Crippen LogP) is 2.71. The molecule has 0 atom stereocenters. The molecule has 0 aliphatic heterocycles. The second-order valence-corrected chi connectivity index (χ2v) is 3.05. The van der Waals surface area contributed by atoms with Crippen LogP contribution in [0, 0.1) is 21.5 Å². The number of nitriles is 1. The summed E-state index contributed by atoms with van der Waals surface area (Å²) in [7, 11) is 0. The lowest BCUT2D eigenvalue weighted by atomic mass is 10.2. The van der Waals surface area contributed by atoms with Gasteiger partial charge < -0.3 is 0 Å². The van der Waals surface area contributed by atoms with Gasteiger partial charge in [-0.25, -0.2) is 4.85 Å². The lowest BCUT2D eigenvalue weighted by Gasteiger charge is -1.93. The quantitative estimate of drug-likeness (QED) is 0.516. The summed E-state index contributed by atoms with van der Waals surface area (Å²) in [6.07, 6.45) is 0. The maximum Gasteiger partial charge on any atom is 0.200 e. The zero-order valence-electron chi connectivity index (χ0n) is 5.50. The van der Waals surface area contributed by atoms with Gasteiger partial charge in [0.05, 0.1) is 18.2 Å². The number of rotatable bonds is 0. The van der Waals surface area contributed by atoms with Gasteiger partial charge in [0.25, 0.3) is 0 Å².